The Kier molecular flexibility index (Phi) is 7.60. The summed E-state index contributed by atoms with van der Waals surface area (Å²) in [6.45, 7) is 5.58. The number of aromatic nitrogens is 1. The highest BCUT2D eigenvalue weighted by Gasteiger charge is 2.09. The molecule has 0 bridgehead atoms. The van der Waals surface area contributed by atoms with Gasteiger partial charge in [0.15, 0.2) is 5.75 Å². The summed E-state index contributed by atoms with van der Waals surface area (Å²) >= 11 is 0. The van der Waals surface area contributed by atoms with Crippen LogP contribution in [-0.4, -0.2) is 4.57 Å². The number of aryl methyl sites for hydroxylation is 1. The molecular formula is C21H29NO2. The van der Waals surface area contributed by atoms with Crippen LogP contribution in [0.5, 0.6) is 5.75 Å². The Morgan fingerprint density at radius 1 is 0.958 bits per heavy atom. The van der Waals surface area contributed by atoms with Crippen LogP contribution in [0, 0.1) is 6.92 Å². The lowest BCUT2D eigenvalue weighted by atomic mass is 10.1. The highest BCUT2D eigenvalue weighted by molar-refractivity contribution is 5.28. The Balaban J connectivity index is 1.92. The minimum Gasteiger partial charge on any atom is -0.483 e. The molecule has 0 saturated carbocycles. The number of nitrogens with zero attached hydrogens (tertiary/aromatic N) is 1. The smallest absolute Gasteiger partial charge is 0.223 e. The van der Waals surface area contributed by atoms with Crippen LogP contribution in [0.25, 0.3) is 0 Å². The van der Waals surface area contributed by atoms with Gasteiger partial charge in [0.1, 0.15) is 6.61 Å². The Hall–Kier alpha value is -2.03. The van der Waals surface area contributed by atoms with E-state index in [9.17, 15) is 4.79 Å². The molecule has 2 rings (SSSR count). The highest BCUT2D eigenvalue weighted by atomic mass is 16.5. The van der Waals surface area contributed by atoms with Crippen LogP contribution in [-0.2, 0) is 13.2 Å². The third kappa shape index (κ3) is 5.55. The van der Waals surface area contributed by atoms with Gasteiger partial charge in [0.25, 0.3) is 0 Å². The summed E-state index contributed by atoms with van der Waals surface area (Å²) in [5.41, 5.74) is 1.96. The molecule has 130 valence electrons. The van der Waals surface area contributed by atoms with Gasteiger partial charge in [-0.05, 0) is 18.9 Å². The maximum atomic E-state index is 12.1. The molecule has 0 N–H and O–H groups in total. The molecular weight excluding hydrogens is 298 g/mol. The number of benzene rings is 1. The van der Waals surface area contributed by atoms with Crippen molar-refractivity contribution in [2.45, 2.75) is 65.5 Å². The first-order valence-electron chi connectivity index (χ1n) is 9.09. The predicted octanol–water partition coefficient (Wildman–Crippen LogP) is 5.10. The first-order chi connectivity index (χ1) is 11.7. The second-order valence-electron chi connectivity index (χ2n) is 6.33. The number of ether oxygens (including phenoxy) is 1. The van der Waals surface area contributed by atoms with Crippen molar-refractivity contribution in [1.82, 2.24) is 4.57 Å². The number of unbranched alkanes of at least 4 members (excludes halogenated alkanes) is 5. The van der Waals surface area contributed by atoms with E-state index in [2.05, 4.69) is 11.5 Å². The monoisotopic (exact) mass is 327 g/mol. The van der Waals surface area contributed by atoms with Crippen molar-refractivity contribution in [3.8, 4) is 5.75 Å². The van der Waals surface area contributed by atoms with Gasteiger partial charge >= 0.3 is 0 Å². The van der Waals surface area contributed by atoms with E-state index in [1.807, 2.05) is 43.5 Å². The molecule has 3 heteroatoms. The van der Waals surface area contributed by atoms with Crippen molar-refractivity contribution < 1.29 is 4.74 Å². The van der Waals surface area contributed by atoms with Gasteiger partial charge in [0.2, 0.25) is 5.43 Å². The van der Waals surface area contributed by atoms with E-state index >= 15 is 0 Å². The summed E-state index contributed by atoms with van der Waals surface area (Å²) in [5, 5.41) is 0. The fourth-order valence-electron chi connectivity index (χ4n) is 2.86. The van der Waals surface area contributed by atoms with Gasteiger partial charge in [-0.3, -0.25) is 4.79 Å². The fourth-order valence-corrected chi connectivity index (χ4v) is 2.86. The van der Waals surface area contributed by atoms with E-state index in [0.717, 1.165) is 24.2 Å². The zero-order valence-corrected chi connectivity index (χ0v) is 15.0. The van der Waals surface area contributed by atoms with Gasteiger partial charge in [-0.15, -0.1) is 0 Å². The molecule has 0 fully saturated rings. The molecule has 24 heavy (non-hydrogen) atoms. The lowest BCUT2D eigenvalue weighted by Crippen LogP contribution is -2.15. The van der Waals surface area contributed by atoms with Gasteiger partial charge in [0, 0.05) is 18.8 Å². The highest BCUT2D eigenvalue weighted by Crippen LogP contribution is 2.15. The van der Waals surface area contributed by atoms with Crippen LogP contribution in [0.3, 0.4) is 0 Å². The molecule has 0 unspecified atom stereocenters. The molecule has 0 saturated heterocycles. The summed E-state index contributed by atoms with van der Waals surface area (Å²) in [5.74, 6) is 0.479. The Labute approximate surface area is 145 Å². The van der Waals surface area contributed by atoms with Gasteiger partial charge < -0.3 is 9.30 Å². The average Bonchev–Trinajstić information content (AvgIpc) is 2.60. The normalized spacial score (nSPS) is 10.8. The third-order valence-corrected chi connectivity index (χ3v) is 4.37. The molecule has 0 atom stereocenters. The zero-order chi connectivity index (χ0) is 17.2. The largest absolute Gasteiger partial charge is 0.483 e. The first-order valence-corrected chi connectivity index (χ1v) is 9.09. The molecule has 1 aromatic carbocycles. The van der Waals surface area contributed by atoms with E-state index in [0.29, 0.717) is 12.4 Å². The SMILES string of the molecule is CCCCCCCCn1ccc(=O)c(OCc2ccccc2)c1C. The van der Waals surface area contributed by atoms with Crippen LogP contribution in [0.1, 0.15) is 56.7 Å². The van der Waals surface area contributed by atoms with Gasteiger partial charge in [-0.25, -0.2) is 0 Å². The molecule has 0 amide bonds. The quantitative estimate of drug-likeness (QED) is 0.569. The molecule has 2 aromatic rings. The minimum absolute atomic E-state index is 0.0392. The van der Waals surface area contributed by atoms with E-state index in [-0.39, 0.29) is 5.43 Å². The molecule has 1 heterocycles. The third-order valence-electron chi connectivity index (χ3n) is 4.37. The summed E-state index contributed by atoms with van der Waals surface area (Å²) < 4.78 is 7.96. The van der Waals surface area contributed by atoms with E-state index in [1.54, 1.807) is 6.07 Å². The molecule has 0 aliphatic carbocycles. The Morgan fingerprint density at radius 3 is 2.42 bits per heavy atom. The van der Waals surface area contributed by atoms with Gasteiger partial charge in [-0.2, -0.15) is 0 Å². The van der Waals surface area contributed by atoms with E-state index in [4.69, 9.17) is 4.74 Å². The summed E-state index contributed by atoms with van der Waals surface area (Å²) in [7, 11) is 0. The second-order valence-corrected chi connectivity index (χ2v) is 6.33. The Morgan fingerprint density at radius 2 is 1.67 bits per heavy atom. The number of hydrogen-bond acceptors (Lipinski definition) is 2. The van der Waals surface area contributed by atoms with E-state index in [1.165, 1.54) is 32.1 Å². The topological polar surface area (TPSA) is 31.2 Å². The zero-order valence-electron chi connectivity index (χ0n) is 15.0. The van der Waals surface area contributed by atoms with Crippen molar-refractivity contribution in [2.24, 2.45) is 0 Å². The second kappa shape index (κ2) is 9.96. The lowest BCUT2D eigenvalue weighted by Gasteiger charge is -2.15. The van der Waals surface area contributed by atoms with Crippen molar-refractivity contribution in [2.75, 3.05) is 0 Å². The number of hydrogen-bond donors (Lipinski definition) is 0. The van der Waals surface area contributed by atoms with Crippen LogP contribution in [0.2, 0.25) is 0 Å². The molecule has 0 spiro atoms. The molecule has 0 radical (unpaired) electrons. The maximum Gasteiger partial charge on any atom is 0.223 e. The van der Waals surface area contributed by atoms with Crippen molar-refractivity contribution in [1.29, 1.82) is 0 Å². The number of pyridine rings is 1. The average molecular weight is 327 g/mol. The van der Waals surface area contributed by atoms with Crippen LogP contribution < -0.4 is 10.2 Å². The molecule has 0 aliphatic rings. The van der Waals surface area contributed by atoms with Crippen LogP contribution in [0.15, 0.2) is 47.4 Å². The summed E-state index contributed by atoms with van der Waals surface area (Å²) in [4.78, 5) is 12.1. The van der Waals surface area contributed by atoms with Gasteiger partial charge in [-0.1, -0.05) is 69.4 Å². The van der Waals surface area contributed by atoms with Crippen molar-refractivity contribution in [3.05, 3.63) is 64.1 Å². The Bertz CT molecular complexity index is 661. The molecule has 0 aliphatic heterocycles. The van der Waals surface area contributed by atoms with Crippen LogP contribution in [0.4, 0.5) is 0 Å². The van der Waals surface area contributed by atoms with E-state index < -0.39 is 0 Å². The fraction of sp³-hybridized carbons (Fsp3) is 0.476. The minimum atomic E-state index is -0.0392. The van der Waals surface area contributed by atoms with Crippen LogP contribution >= 0.6 is 0 Å². The summed E-state index contributed by atoms with van der Waals surface area (Å²) in [6.07, 6.45) is 9.50. The number of rotatable bonds is 10. The predicted molar refractivity (Wildman–Crippen MR) is 99.6 cm³/mol. The molecule has 3 nitrogen and oxygen atoms in total. The van der Waals surface area contributed by atoms with Crippen molar-refractivity contribution >= 4 is 0 Å². The standard InChI is InChI=1S/C21H29NO2/c1-3-4-5-6-7-11-15-22-16-14-20(23)21(18(22)2)24-17-19-12-9-8-10-13-19/h8-10,12-14,16H,3-7,11,15,17H2,1-2H3. The molecule has 1 aromatic heterocycles. The van der Waals surface area contributed by atoms with Crippen molar-refractivity contribution in [3.63, 3.8) is 0 Å². The lowest BCUT2D eigenvalue weighted by molar-refractivity contribution is 0.296. The first kappa shape index (κ1) is 18.3. The van der Waals surface area contributed by atoms with Gasteiger partial charge in [0.05, 0.1) is 5.69 Å². The summed E-state index contributed by atoms with van der Waals surface area (Å²) in [6, 6.07) is 11.6. The maximum absolute atomic E-state index is 12.1.